The molecule has 3 heterocycles. The van der Waals surface area contributed by atoms with Gasteiger partial charge in [0.25, 0.3) is 5.91 Å². The first-order valence-corrected chi connectivity index (χ1v) is 9.13. The summed E-state index contributed by atoms with van der Waals surface area (Å²) in [6, 6.07) is 10.8. The third-order valence-corrected chi connectivity index (χ3v) is 5.11. The second-order valence-corrected chi connectivity index (χ2v) is 6.80. The Kier molecular flexibility index (Phi) is 4.56. The van der Waals surface area contributed by atoms with E-state index < -0.39 is 0 Å². The number of aromatic nitrogens is 3. The van der Waals surface area contributed by atoms with Crippen molar-refractivity contribution in [1.82, 2.24) is 19.7 Å². The van der Waals surface area contributed by atoms with E-state index in [1.54, 1.807) is 12.3 Å². The van der Waals surface area contributed by atoms with Gasteiger partial charge >= 0.3 is 0 Å². The summed E-state index contributed by atoms with van der Waals surface area (Å²) in [7, 11) is 0. The van der Waals surface area contributed by atoms with E-state index in [0.29, 0.717) is 16.6 Å². The average molecular weight is 350 g/mol. The number of aromatic amines is 1. The molecule has 1 aliphatic rings. The molecular formula is C20H22N4O2. The van der Waals surface area contributed by atoms with E-state index in [2.05, 4.69) is 10.1 Å². The van der Waals surface area contributed by atoms with Gasteiger partial charge in [0.15, 0.2) is 5.43 Å². The number of para-hydroxylation sites is 1. The summed E-state index contributed by atoms with van der Waals surface area (Å²) >= 11 is 0. The molecule has 6 heteroatoms. The molecule has 3 aromatic rings. The van der Waals surface area contributed by atoms with E-state index >= 15 is 0 Å². The highest BCUT2D eigenvalue weighted by Crippen LogP contribution is 2.22. The topological polar surface area (TPSA) is 71.0 Å². The molecule has 1 aliphatic heterocycles. The van der Waals surface area contributed by atoms with Gasteiger partial charge in [-0.1, -0.05) is 12.1 Å². The van der Waals surface area contributed by atoms with Crippen molar-refractivity contribution < 1.29 is 4.79 Å². The van der Waals surface area contributed by atoms with Crippen molar-refractivity contribution in [2.45, 2.75) is 38.3 Å². The van der Waals surface area contributed by atoms with Crippen LogP contribution >= 0.6 is 0 Å². The standard InChI is InChI=1S/C20H22N4O2/c25-19-14-18(22-17-8-2-1-7-16(17)19)20(26)24-12-4-3-6-15(24)9-13-23-11-5-10-21-23/h1-2,5,7-8,10-11,14-15H,3-4,6,9,12-13H2,(H,22,25)/t15-/m1/s1. The fraction of sp³-hybridized carbons (Fsp3) is 0.350. The van der Waals surface area contributed by atoms with Crippen LogP contribution in [0.5, 0.6) is 0 Å². The highest BCUT2D eigenvalue weighted by Gasteiger charge is 2.28. The molecule has 0 spiro atoms. The van der Waals surface area contributed by atoms with Crippen molar-refractivity contribution in [2.75, 3.05) is 6.54 Å². The molecule has 0 aliphatic carbocycles. The SMILES string of the molecule is O=C(c1cc(=O)c2ccccc2[nH]1)N1CCCC[C@@H]1CCn1cccn1. The van der Waals surface area contributed by atoms with Crippen LogP contribution in [0.2, 0.25) is 0 Å². The first-order chi connectivity index (χ1) is 12.7. The number of nitrogens with zero attached hydrogens (tertiary/aromatic N) is 3. The van der Waals surface area contributed by atoms with Crippen LogP contribution in [0, 0.1) is 0 Å². The zero-order valence-corrected chi connectivity index (χ0v) is 14.6. The normalized spacial score (nSPS) is 17.5. The van der Waals surface area contributed by atoms with Crippen LogP contribution in [0.4, 0.5) is 0 Å². The third kappa shape index (κ3) is 3.27. The number of nitrogens with one attached hydrogen (secondary N) is 1. The number of amides is 1. The number of benzene rings is 1. The summed E-state index contributed by atoms with van der Waals surface area (Å²) in [4.78, 5) is 30.5. The van der Waals surface area contributed by atoms with Crippen LogP contribution in [0.15, 0.2) is 53.6 Å². The largest absolute Gasteiger partial charge is 0.350 e. The summed E-state index contributed by atoms with van der Waals surface area (Å²) in [5, 5.41) is 4.85. The van der Waals surface area contributed by atoms with Crippen molar-refractivity contribution in [3.8, 4) is 0 Å². The van der Waals surface area contributed by atoms with E-state index in [4.69, 9.17) is 0 Å². The molecule has 1 N–H and O–H groups in total. The number of H-pyrrole nitrogens is 1. The van der Waals surface area contributed by atoms with Gasteiger partial charge in [-0.25, -0.2) is 0 Å². The summed E-state index contributed by atoms with van der Waals surface area (Å²) in [6.07, 6.45) is 7.69. The first kappa shape index (κ1) is 16.6. The minimum atomic E-state index is -0.118. The van der Waals surface area contributed by atoms with Crippen molar-refractivity contribution in [1.29, 1.82) is 0 Å². The molecule has 0 unspecified atom stereocenters. The molecule has 134 valence electrons. The number of aryl methyl sites for hydroxylation is 1. The lowest BCUT2D eigenvalue weighted by Crippen LogP contribution is -2.44. The summed E-state index contributed by atoms with van der Waals surface area (Å²) in [5.74, 6) is -0.0852. The van der Waals surface area contributed by atoms with Crippen molar-refractivity contribution in [3.63, 3.8) is 0 Å². The maximum absolute atomic E-state index is 13.1. The van der Waals surface area contributed by atoms with Gasteiger partial charge in [0.2, 0.25) is 0 Å². The highest BCUT2D eigenvalue weighted by molar-refractivity contribution is 5.95. The van der Waals surface area contributed by atoms with Gasteiger partial charge in [0.1, 0.15) is 5.69 Å². The molecule has 1 atom stereocenters. The molecule has 0 bridgehead atoms. The van der Waals surface area contributed by atoms with Crippen LogP contribution in [0.1, 0.15) is 36.2 Å². The monoisotopic (exact) mass is 350 g/mol. The lowest BCUT2D eigenvalue weighted by atomic mass is 9.98. The third-order valence-electron chi connectivity index (χ3n) is 5.11. The number of piperidine rings is 1. The maximum Gasteiger partial charge on any atom is 0.270 e. The van der Waals surface area contributed by atoms with E-state index in [1.165, 1.54) is 6.07 Å². The number of pyridine rings is 1. The Bertz CT molecular complexity index is 961. The van der Waals surface area contributed by atoms with Crippen LogP contribution in [0.3, 0.4) is 0 Å². The Hall–Kier alpha value is -2.89. The molecule has 4 rings (SSSR count). The minimum absolute atomic E-state index is 0.0852. The van der Waals surface area contributed by atoms with Gasteiger partial charge in [0, 0.05) is 48.5 Å². The van der Waals surface area contributed by atoms with E-state index in [-0.39, 0.29) is 17.4 Å². The highest BCUT2D eigenvalue weighted by atomic mass is 16.2. The number of hydrogen-bond acceptors (Lipinski definition) is 3. The van der Waals surface area contributed by atoms with Gasteiger partial charge in [-0.2, -0.15) is 5.10 Å². The molecule has 1 amide bonds. The molecule has 1 fully saturated rings. The lowest BCUT2D eigenvalue weighted by molar-refractivity contribution is 0.0588. The number of carbonyl (C=O) groups is 1. The quantitative estimate of drug-likeness (QED) is 0.786. The molecular weight excluding hydrogens is 328 g/mol. The number of hydrogen-bond donors (Lipinski definition) is 1. The van der Waals surface area contributed by atoms with E-state index in [0.717, 1.165) is 38.8 Å². The predicted octanol–water partition coefficient (Wildman–Crippen LogP) is 2.81. The van der Waals surface area contributed by atoms with Gasteiger partial charge in [0.05, 0.1) is 0 Å². The van der Waals surface area contributed by atoms with Crippen LogP contribution in [-0.2, 0) is 6.54 Å². The Morgan fingerprint density at radius 2 is 2.12 bits per heavy atom. The summed E-state index contributed by atoms with van der Waals surface area (Å²) in [6.45, 7) is 1.52. The summed E-state index contributed by atoms with van der Waals surface area (Å²) < 4.78 is 1.90. The summed E-state index contributed by atoms with van der Waals surface area (Å²) in [5.41, 5.74) is 0.959. The fourth-order valence-corrected chi connectivity index (χ4v) is 3.75. The molecule has 0 saturated carbocycles. The van der Waals surface area contributed by atoms with E-state index in [1.807, 2.05) is 40.0 Å². The first-order valence-electron chi connectivity index (χ1n) is 9.13. The van der Waals surface area contributed by atoms with Crippen LogP contribution < -0.4 is 5.43 Å². The molecule has 0 radical (unpaired) electrons. The van der Waals surface area contributed by atoms with Crippen LogP contribution in [0.25, 0.3) is 10.9 Å². The van der Waals surface area contributed by atoms with E-state index in [9.17, 15) is 9.59 Å². The Morgan fingerprint density at radius 1 is 1.23 bits per heavy atom. The fourth-order valence-electron chi connectivity index (χ4n) is 3.75. The lowest BCUT2D eigenvalue weighted by Gasteiger charge is -2.35. The smallest absolute Gasteiger partial charge is 0.270 e. The van der Waals surface area contributed by atoms with Gasteiger partial charge in [-0.05, 0) is 43.9 Å². The minimum Gasteiger partial charge on any atom is -0.350 e. The molecule has 2 aromatic heterocycles. The van der Waals surface area contributed by atoms with Crippen LogP contribution in [-0.4, -0.2) is 38.2 Å². The zero-order valence-electron chi connectivity index (χ0n) is 14.6. The van der Waals surface area contributed by atoms with Crippen molar-refractivity contribution >= 4 is 16.8 Å². The Labute approximate surface area is 151 Å². The molecule has 6 nitrogen and oxygen atoms in total. The van der Waals surface area contributed by atoms with Gasteiger partial charge < -0.3 is 9.88 Å². The predicted molar refractivity (Wildman–Crippen MR) is 100 cm³/mol. The Balaban J connectivity index is 1.57. The van der Waals surface area contributed by atoms with Crippen molar-refractivity contribution in [3.05, 3.63) is 64.7 Å². The van der Waals surface area contributed by atoms with Gasteiger partial charge in [-0.15, -0.1) is 0 Å². The molecule has 26 heavy (non-hydrogen) atoms. The number of carbonyl (C=O) groups excluding carboxylic acids is 1. The maximum atomic E-state index is 13.1. The molecule has 1 saturated heterocycles. The number of fused-ring (bicyclic) bond motifs is 1. The zero-order chi connectivity index (χ0) is 17.9. The van der Waals surface area contributed by atoms with Gasteiger partial charge in [-0.3, -0.25) is 14.3 Å². The Morgan fingerprint density at radius 3 is 2.96 bits per heavy atom. The van der Waals surface area contributed by atoms with Crippen molar-refractivity contribution in [2.24, 2.45) is 0 Å². The second kappa shape index (κ2) is 7.15. The number of rotatable bonds is 4. The average Bonchev–Trinajstić information content (AvgIpc) is 3.20. The number of likely N-dealkylation sites (tertiary alicyclic amines) is 1. The second-order valence-electron chi connectivity index (χ2n) is 6.80. The molecule has 1 aromatic carbocycles.